The van der Waals surface area contributed by atoms with Crippen LogP contribution in [0.2, 0.25) is 0 Å². The van der Waals surface area contributed by atoms with Crippen LogP contribution in [0.15, 0.2) is 24.3 Å². The minimum Gasteiger partial charge on any atom is -0.339 e. The maximum absolute atomic E-state index is 12.8. The second-order valence-corrected chi connectivity index (χ2v) is 9.09. The topological polar surface area (TPSA) is 23.6 Å². The van der Waals surface area contributed by atoms with Crippen molar-refractivity contribution < 1.29 is 4.79 Å². The largest absolute Gasteiger partial charge is 0.339 e. The van der Waals surface area contributed by atoms with Gasteiger partial charge in [0.25, 0.3) is 5.91 Å². The third-order valence-corrected chi connectivity index (χ3v) is 5.95. The van der Waals surface area contributed by atoms with Crippen molar-refractivity contribution in [2.24, 2.45) is 5.92 Å². The monoisotopic (exact) mass is 342 g/mol. The number of carbonyl (C=O) groups excluding carboxylic acids is 1. The second kappa shape index (κ2) is 7.49. The van der Waals surface area contributed by atoms with Crippen molar-refractivity contribution in [3.05, 3.63) is 35.4 Å². The molecule has 2 aliphatic rings. The minimum atomic E-state index is 0.130. The predicted octanol–water partition coefficient (Wildman–Crippen LogP) is 4.32. The number of hydrogen-bond acceptors (Lipinski definition) is 2. The molecule has 2 saturated heterocycles. The number of nitrogens with zero attached hydrogens (tertiary/aromatic N) is 2. The van der Waals surface area contributed by atoms with Gasteiger partial charge in [-0.25, -0.2) is 0 Å². The highest BCUT2D eigenvalue weighted by atomic mass is 16.2. The number of amides is 1. The average molecular weight is 343 g/mol. The predicted molar refractivity (Wildman–Crippen MR) is 104 cm³/mol. The van der Waals surface area contributed by atoms with E-state index in [9.17, 15) is 4.79 Å². The third kappa shape index (κ3) is 4.44. The molecule has 0 aliphatic carbocycles. The highest BCUT2D eigenvalue weighted by molar-refractivity contribution is 5.94. The Kier molecular flexibility index (Phi) is 5.52. The summed E-state index contributed by atoms with van der Waals surface area (Å²) < 4.78 is 0. The molecule has 0 bridgehead atoms. The normalized spacial score (nSPS) is 23.7. The molecule has 3 rings (SSSR count). The summed E-state index contributed by atoms with van der Waals surface area (Å²) in [6.07, 6.45) is 4.95. The summed E-state index contributed by atoms with van der Waals surface area (Å²) in [5.41, 5.74) is 2.24. The van der Waals surface area contributed by atoms with Crippen molar-refractivity contribution in [1.29, 1.82) is 0 Å². The van der Waals surface area contributed by atoms with Gasteiger partial charge < -0.3 is 4.90 Å². The van der Waals surface area contributed by atoms with Crippen LogP contribution in [0, 0.1) is 5.92 Å². The Hall–Kier alpha value is -1.35. The van der Waals surface area contributed by atoms with Crippen LogP contribution in [0.5, 0.6) is 0 Å². The molecule has 0 radical (unpaired) electrons. The van der Waals surface area contributed by atoms with E-state index in [4.69, 9.17) is 0 Å². The summed E-state index contributed by atoms with van der Waals surface area (Å²) in [7, 11) is 0. The molecule has 0 N–H and O–H groups in total. The molecule has 1 unspecified atom stereocenters. The van der Waals surface area contributed by atoms with Gasteiger partial charge in [-0.2, -0.15) is 0 Å². The molecule has 1 aromatic carbocycles. The lowest BCUT2D eigenvalue weighted by molar-refractivity contribution is 0.0542. The first kappa shape index (κ1) is 18.4. The smallest absolute Gasteiger partial charge is 0.253 e. The lowest BCUT2D eigenvalue weighted by Crippen LogP contribution is -2.49. The highest BCUT2D eigenvalue weighted by Crippen LogP contribution is 2.25. The molecule has 3 nitrogen and oxygen atoms in total. The van der Waals surface area contributed by atoms with Gasteiger partial charge in [0.15, 0.2) is 0 Å². The Balaban J connectivity index is 1.56. The maximum Gasteiger partial charge on any atom is 0.253 e. The van der Waals surface area contributed by atoms with E-state index in [0.29, 0.717) is 6.04 Å². The second-order valence-electron chi connectivity index (χ2n) is 9.09. The van der Waals surface area contributed by atoms with Gasteiger partial charge in [-0.15, -0.1) is 0 Å². The minimum absolute atomic E-state index is 0.130. The van der Waals surface area contributed by atoms with E-state index >= 15 is 0 Å². The number of carbonyl (C=O) groups is 1. The van der Waals surface area contributed by atoms with Gasteiger partial charge in [0, 0.05) is 31.2 Å². The summed E-state index contributed by atoms with van der Waals surface area (Å²) in [5, 5.41) is 0. The van der Waals surface area contributed by atoms with Gasteiger partial charge >= 0.3 is 0 Å². The lowest BCUT2D eigenvalue weighted by atomic mass is 9.86. The van der Waals surface area contributed by atoms with Crippen molar-refractivity contribution in [2.75, 3.05) is 26.2 Å². The molecular formula is C22H34N2O. The van der Waals surface area contributed by atoms with E-state index < -0.39 is 0 Å². The molecule has 138 valence electrons. The van der Waals surface area contributed by atoms with Crippen molar-refractivity contribution in [3.63, 3.8) is 0 Å². The quantitative estimate of drug-likeness (QED) is 0.799. The standard InChI is InChI=1S/C22H34N2O/c1-17-6-5-13-24(16-17)20-11-14-23(15-12-20)21(25)18-7-9-19(10-8-18)22(2,3)4/h7-10,17,20H,5-6,11-16H2,1-4H3. The fourth-order valence-electron chi connectivity index (χ4n) is 4.29. The van der Waals surface area contributed by atoms with E-state index in [1.54, 1.807) is 0 Å². The van der Waals surface area contributed by atoms with Crippen molar-refractivity contribution in [2.45, 2.75) is 64.8 Å². The number of benzene rings is 1. The Morgan fingerprint density at radius 1 is 1.00 bits per heavy atom. The fraction of sp³-hybridized carbons (Fsp3) is 0.682. The van der Waals surface area contributed by atoms with Gasteiger partial charge in [0.2, 0.25) is 0 Å². The summed E-state index contributed by atoms with van der Waals surface area (Å²) in [4.78, 5) is 17.5. The number of rotatable bonds is 2. The molecule has 2 fully saturated rings. The van der Waals surface area contributed by atoms with Crippen LogP contribution in [-0.4, -0.2) is 47.9 Å². The van der Waals surface area contributed by atoms with E-state index in [2.05, 4.69) is 49.6 Å². The van der Waals surface area contributed by atoms with E-state index in [-0.39, 0.29) is 11.3 Å². The summed E-state index contributed by atoms with van der Waals surface area (Å²) >= 11 is 0. The zero-order valence-corrected chi connectivity index (χ0v) is 16.4. The first-order valence-corrected chi connectivity index (χ1v) is 9.98. The van der Waals surface area contributed by atoms with E-state index in [1.165, 1.54) is 31.5 Å². The van der Waals surface area contributed by atoms with E-state index in [0.717, 1.165) is 37.4 Å². The van der Waals surface area contributed by atoms with Gasteiger partial charge in [-0.3, -0.25) is 9.69 Å². The Morgan fingerprint density at radius 3 is 2.20 bits per heavy atom. The zero-order chi connectivity index (χ0) is 18.0. The van der Waals surface area contributed by atoms with Crippen LogP contribution in [0.3, 0.4) is 0 Å². The van der Waals surface area contributed by atoms with Crippen molar-refractivity contribution in [3.8, 4) is 0 Å². The molecular weight excluding hydrogens is 308 g/mol. The number of likely N-dealkylation sites (tertiary alicyclic amines) is 2. The summed E-state index contributed by atoms with van der Waals surface area (Å²) in [5.74, 6) is 1.03. The molecule has 0 spiro atoms. The van der Waals surface area contributed by atoms with E-state index in [1.807, 2.05) is 12.1 Å². The van der Waals surface area contributed by atoms with Crippen LogP contribution in [-0.2, 0) is 5.41 Å². The number of piperidine rings is 2. The average Bonchev–Trinajstić information content (AvgIpc) is 2.61. The zero-order valence-electron chi connectivity index (χ0n) is 16.4. The maximum atomic E-state index is 12.8. The Labute approximate surface area is 153 Å². The third-order valence-electron chi connectivity index (χ3n) is 5.95. The molecule has 0 aromatic heterocycles. The van der Waals surface area contributed by atoms with Crippen LogP contribution in [0.1, 0.15) is 69.3 Å². The molecule has 2 heterocycles. The molecule has 25 heavy (non-hydrogen) atoms. The van der Waals surface area contributed by atoms with Crippen LogP contribution >= 0.6 is 0 Å². The highest BCUT2D eigenvalue weighted by Gasteiger charge is 2.29. The van der Waals surface area contributed by atoms with Crippen molar-refractivity contribution in [1.82, 2.24) is 9.80 Å². The Bertz CT molecular complexity index is 579. The molecule has 1 aromatic rings. The SMILES string of the molecule is CC1CCCN(C2CCN(C(=O)c3ccc(C(C)(C)C)cc3)CC2)C1. The summed E-state index contributed by atoms with van der Waals surface area (Å²) in [6.45, 7) is 13.3. The summed E-state index contributed by atoms with van der Waals surface area (Å²) in [6, 6.07) is 8.89. The van der Waals surface area contributed by atoms with Crippen molar-refractivity contribution >= 4 is 5.91 Å². The molecule has 1 atom stereocenters. The van der Waals surface area contributed by atoms with Gasteiger partial charge in [0.05, 0.1) is 0 Å². The number of hydrogen-bond donors (Lipinski definition) is 0. The molecule has 0 saturated carbocycles. The first-order chi connectivity index (χ1) is 11.8. The van der Waals surface area contributed by atoms with Crippen LogP contribution in [0.25, 0.3) is 0 Å². The molecule has 1 amide bonds. The molecule has 2 aliphatic heterocycles. The fourth-order valence-corrected chi connectivity index (χ4v) is 4.29. The van der Waals surface area contributed by atoms with Crippen LogP contribution < -0.4 is 0 Å². The Morgan fingerprint density at radius 2 is 1.64 bits per heavy atom. The van der Waals surface area contributed by atoms with Gasteiger partial charge in [0.1, 0.15) is 0 Å². The lowest BCUT2D eigenvalue weighted by Gasteiger charge is -2.41. The van der Waals surface area contributed by atoms with Crippen LogP contribution in [0.4, 0.5) is 0 Å². The van der Waals surface area contributed by atoms with Gasteiger partial charge in [-0.1, -0.05) is 39.8 Å². The molecule has 3 heteroatoms. The first-order valence-electron chi connectivity index (χ1n) is 9.98. The van der Waals surface area contributed by atoms with Gasteiger partial charge in [-0.05, 0) is 61.3 Å².